The van der Waals surface area contributed by atoms with Gasteiger partial charge in [0.25, 0.3) is 0 Å². The van der Waals surface area contributed by atoms with Crippen molar-refractivity contribution >= 4 is 11.4 Å². The number of anilines is 2. The van der Waals surface area contributed by atoms with Crippen LogP contribution in [0.25, 0.3) is 11.1 Å². The first-order valence-electron chi connectivity index (χ1n) is 15.1. The van der Waals surface area contributed by atoms with Crippen LogP contribution in [0.3, 0.4) is 0 Å². The zero-order chi connectivity index (χ0) is 34.6. The van der Waals surface area contributed by atoms with Crippen LogP contribution in [0.1, 0.15) is 33.4 Å². The molecule has 0 radical (unpaired) electrons. The van der Waals surface area contributed by atoms with E-state index < -0.39 is 28.9 Å². The van der Waals surface area contributed by atoms with Gasteiger partial charge in [-0.25, -0.2) is 0 Å². The highest BCUT2D eigenvalue weighted by atomic mass is 19.4. The predicted octanol–water partition coefficient (Wildman–Crippen LogP) is 10.8. The fraction of sp³-hybridized carbons (Fsp3) is 0.0769. The summed E-state index contributed by atoms with van der Waals surface area (Å²) < 4.78 is 90.7. The molecule has 0 aromatic heterocycles. The minimum atomic E-state index is -4.53. The van der Waals surface area contributed by atoms with Crippen molar-refractivity contribution < 1.29 is 35.8 Å². The molecule has 246 valence electrons. The lowest BCUT2D eigenvalue weighted by Gasteiger charge is -2.34. The third-order valence-electron chi connectivity index (χ3n) is 8.66. The second-order valence-corrected chi connectivity index (χ2v) is 11.6. The fourth-order valence-electron chi connectivity index (χ4n) is 6.46. The molecule has 7 rings (SSSR count). The number of rotatable bonds is 6. The van der Waals surface area contributed by atoms with Crippen LogP contribution in [0.4, 0.5) is 37.7 Å². The summed E-state index contributed by atoms with van der Waals surface area (Å²) in [5.74, 6) is 0.943. The van der Waals surface area contributed by atoms with Gasteiger partial charge in [0.15, 0.2) is 0 Å². The van der Waals surface area contributed by atoms with Crippen molar-refractivity contribution in [2.45, 2.75) is 17.8 Å². The summed E-state index contributed by atoms with van der Waals surface area (Å²) in [5.41, 5.74) is 14.9. The standard InChI is InChI=1S/C39H26F6N2O2/c40-38(41,42)25-13-19-35(33(46)21-25)48-27-15-9-23(10-16-27)37(31-7-3-1-5-29(31)30-6-2-4-8-32(30)37)24-11-17-28(18-12-24)49-36-20-14-26(22-34(36)47)39(43,44)45/h1-22H,46-47H2. The molecule has 0 bridgehead atoms. The van der Waals surface area contributed by atoms with Crippen molar-refractivity contribution in [2.24, 2.45) is 0 Å². The molecular weight excluding hydrogens is 642 g/mol. The Morgan fingerprint density at radius 3 is 1.16 bits per heavy atom. The maximum Gasteiger partial charge on any atom is 0.416 e. The lowest BCUT2D eigenvalue weighted by molar-refractivity contribution is -0.138. The number of fused-ring (bicyclic) bond motifs is 3. The van der Waals surface area contributed by atoms with Gasteiger partial charge in [0.1, 0.15) is 23.0 Å². The van der Waals surface area contributed by atoms with E-state index in [9.17, 15) is 26.3 Å². The summed E-state index contributed by atoms with van der Waals surface area (Å²) in [5, 5.41) is 0. The van der Waals surface area contributed by atoms with Crippen molar-refractivity contribution in [3.8, 4) is 34.1 Å². The predicted molar refractivity (Wildman–Crippen MR) is 176 cm³/mol. The van der Waals surface area contributed by atoms with Gasteiger partial charge < -0.3 is 20.9 Å². The number of benzene rings is 6. The largest absolute Gasteiger partial charge is 0.455 e. The van der Waals surface area contributed by atoms with Gasteiger partial charge in [-0.05, 0) is 94.0 Å². The van der Waals surface area contributed by atoms with Gasteiger partial charge in [0.05, 0.1) is 27.9 Å². The zero-order valence-electron chi connectivity index (χ0n) is 25.4. The summed E-state index contributed by atoms with van der Waals surface area (Å²) in [6.45, 7) is 0. The van der Waals surface area contributed by atoms with Crippen LogP contribution in [0.2, 0.25) is 0 Å². The highest BCUT2D eigenvalue weighted by molar-refractivity contribution is 5.86. The van der Waals surface area contributed by atoms with Crippen molar-refractivity contribution in [1.82, 2.24) is 0 Å². The van der Waals surface area contributed by atoms with Gasteiger partial charge in [0.2, 0.25) is 0 Å². The Hall–Kier alpha value is -5.90. The number of hydrogen-bond acceptors (Lipinski definition) is 4. The Bertz CT molecular complexity index is 2020. The van der Waals surface area contributed by atoms with Gasteiger partial charge in [-0.15, -0.1) is 0 Å². The lowest BCUT2D eigenvalue weighted by Crippen LogP contribution is -2.28. The third kappa shape index (κ3) is 5.58. The number of nitrogens with two attached hydrogens (primary N) is 2. The van der Waals surface area contributed by atoms with Crippen LogP contribution in [0.15, 0.2) is 133 Å². The van der Waals surface area contributed by atoms with Gasteiger partial charge in [-0.1, -0.05) is 72.8 Å². The Balaban J connectivity index is 1.28. The second kappa shape index (κ2) is 11.7. The molecule has 6 aromatic rings. The molecule has 0 fully saturated rings. The lowest BCUT2D eigenvalue weighted by atomic mass is 9.68. The average molecular weight is 669 g/mol. The third-order valence-corrected chi connectivity index (χ3v) is 8.66. The van der Waals surface area contributed by atoms with Crippen molar-refractivity contribution in [1.29, 1.82) is 0 Å². The number of halogens is 6. The topological polar surface area (TPSA) is 70.5 Å². The highest BCUT2D eigenvalue weighted by Crippen LogP contribution is 2.56. The molecule has 6 aromatic carbocycles. The first kappa shape index (κ1) is 31.7. The van der Waals surface area contributed by atoms with Gasteiger partial charge in [-0.2, -0.15) is 26.3 Å². The van der Waals surface area contributed by atoms with E-state index >= 15 is 0 Å². The molecule has 0 saturated heterocycles. The van der Waals surface area contributed by atoms with E-state index in [1.807, 2.05) is 48.5 Å². The molecule has 49 heavy (non-hydrogen) atoms. The van der Waals surface area contributed by atoms with Crippen LogP contribution in [0, 0.1) is 0 Å². The maximum atomic E-state index is 13.1. The zero-order valence-corrected chi connectivity index (χ0v) is 25.4. The molecule has 0 aliphatic heterocycles. The molecule has 0 spiro atoms. The van der Waals surface area contributed by atoms with E-state index in [-0.39, 0.29) is 22.9 Å². The molecule has 4 N–H and O–H groups in total. The van der Waals surface area contributed by atoms with Gasteiger partial charge >= 0.3 is 12.4 Å². The van der Waals surface area contributed by atoms with E-state index in [2.05, 4.69) is 24.3 Å². The van der Waals surface area contributed by atoms with E-state index in [0.29, 0.717) is 11.5 Å². The van der Waals surface area contributed by atoms with Crippen molar-refractivity contribution in [3.05, 3.63) is 167 Å². The van der Waals surface area contributed by atoms with E-state index in [4.69, 9.17) is 20.9 Å². The molecule has 1 aliphatic rings. The summed E-state index contributed by atoms with van der Waals surface area (Å²) >= 11 is 0. The summed E-state index contributed by atoms with van der Waals surface area (Å²) in [6.07, 6.45) is -9.06. The van der Waals surface area contributed by atoms with Crippen LogP contribution < -0.4 is 20.9 Å². The van der Waals surface area contributed by atoms with E-state index in [1.165, 1.54) is 12.1 Å². The number of nitrogen functional groups attached to an aromatic ring is 2. The first-order valence-corrected chi connectivity index (χ1v) is 15.1. The summed E-state index contributed by atoms with van der Waals surface area (Å²) in [7, 11) is 0. The summed E-state index contributed by atoms with van der Waals surface area (Å²) in [6, 6.07) is 36.6. The SMILES string of the molecule is Nc1cc(C(F)(F)F)ccc1Oc1ccc(C2(c3ccc(Oc4ccc(C(F)(F)F)cc4N)cc3)c3ccccc3-c3ccccc32)cc1. The quantitative estimate of drug-likeness (QED) is 0.137. The minimum Gasteiger partial charge on any atom is -0.455 e. The Morgan fingerprint density at radius 2 is 0.816 bits per heavy atom. The normalized spacial score (nSPS) is 13.4. The fourth-order valence-corrected chi connectivity index (χ4v) is 6.46. The molecular formula is C39H26F6N2O2. The maximum absolute atomic E-state index is 13.1. The molecule has 0 saturated carbocycles. The number of ether oxygens (including phenoxy) is 2. The Kier molecular flexibility index (Phi) is 7.54. The van der Waals surface area contributed by atoms with Gasteiger partial charge in [0, 0.05) is 0 Å². The molecule has 4 nitrogen and oxygen atoms in total. The van der Waals surface area contributed by atoms with Crippen LogP contribution >= 0.6 is 0 Å². The number of hydrogen-bond donors (Lipinski definition) is 2. The first-order chi connectivity index (χ1) is 23.4. The van der Waals surface area contributed by atoms with Crippen LogP contribution in [-0.2, 0) is 17.8 Å². The van der Waals surface area contributed by atoms with Crippen molar-refractivity contribution in [3.63, 3.8) is 0 Å². The van der Waals surface area contributed by atoms with Crippen LogP contribution in [-0.4, -0.2) is 0 Å². The Morgan fingerprint density at radius 1 is 0.449 bits per heavy atom. The summed E-state index contributed by atoms with van der Waals surface area (Å²) in [4.78, 5) is 0. The van der Waals surface area contributed by atoms with E-state index in [0.717, 1.165) is 57.6 Å². The highest BCUT2D eigenvalue weighted by Gasteiger charge is 2.46. The number of alkyl halides is 6. The molecule has 0 heterocycles. The molecule has 1 aliphatic carbocycles. The Labute approximate surface area is 277 Å². The average Bonchev–Trinajstić information content (AvgIpc) is 3.37. The molecule has 0 unspecified atom stereocenters. The van der Waals surface area contributed by atoms with Crippen molar-refractivity contribution in [2.75, 3.05) is 11.5 Å². The monoisotopic (exact) mass is 668 g/mol. The smallest absolute Gasteiger partial charge is 0.416 e. The molecule has 10 heteroatoms. The second-order valence-electron chi connectivity index (χ2n) is 11.6. The van der Waals surface area contributed by atoms with Crippen LogP contribution in [0.5, 0.6) is 23.0 Å². The molecule has 0 amide bonds. The minimum absolute atomic E-state index is 0.0938. The molecule has 0 atom stereocenters. The van der Waals surface area contributed by atoms with E-state index in [1.54, 1.807) is 24.3 Å². The van der Waals surface area contributed by atoms with Gasteiger partial charge in [-0.3, -0.25) is 0 Å².